The Hall–Kier alpha value is -4.30. The van der Waals surface area contributed by atoms with Crippen LogP contribution in [0.3, 0.4) is 0 Å². The molecular formula is C30H19Cl2N5OS. The molecule has 0 atom stereocenters. The molecule has 6 rings (SSSR count). The van der Waals surface area contributed by atoms with Crippen LogP contribution in [0.1, 0.15) is 5.82 Å². The monoisotopic (exact) mass is 567 g/mol. The summed E-state index contributed by atoms with van der Waals surface area (Å²) in [4.78, 5) is 18.8. The van der Waals surface area contributed by atoms with Gasteiger partial charge in [-0.1, -0.05) is 65.7 Å². The predicted octanol–water partition coefficient (Wildman–Crippen LogP) is 7.15. The largest absolute Gasteiger partial charge is 0.284 e. The van der Waals surface area contributed by atoms with Crippen molar-refractivity contribution in [2.24, 2.45) is 10.2 Å². The van der Waals surface area contributed by atoms with Crippen LogP contribution < -0.4 is 10.4 Å². The maximum atomic E-state index is 13.5. The van der Waals surface area contributed by atoms with Crippen molar-refractivity contribution in [1.82, 2.24) is 14.1 Å². The van der Waals surface area contributed by atoms with Gasteiger partial charge < -0.3 is 0 Å². The third-order valence-electron chi connectivity index (χ3n) is 6.07. The highest BCUT2D eigenvalue weighted by Gasteiger charge is 2.12. The van der Waals surface area contributed by atoms with E-state index in [1.54, 1.807) is 36.4 Å². The Labute approximate surface area is 237 Å². The van der Waals surface area contributed by atoms with Gasteiger partial charge in [0.05, 0.1) is 28.5 Å². The lowest BCUT2D eigenvalue weighted by Crippen LogP contribution is -2.23. The van der Waals surface area contributed by atoms with E-state index in [-0.39, 0.29) is 5.56 Å². The number of thiazole rings is 1. The SMILES string of the molecule is O=c1c2ccccc2nc(/C=N/N=c2\scc(-c3ccccc3)n2-c2ccc(Cl)cc2)n1-c1ccc(Cl)cc1. The molecule has 9 heteroatoms. The smallest absolute Gasteiger partial charge is 0.266 e. The number of rotatable bonds is 5. The number of nitrogens with zero attached hydrogens (tertiary/aromatic N) is 5. The Bertz CT molecular complexity index is 1940. The summed E-state index contributed by atoms with van der Waals surface area (Å²) < 4.78 is 3.53. The number of para-hydroxylation sites is 1. The number of aromatic nitrogens is 3. The number of halogens is 2. The van der Waals surface area contributed by atoms with Crippen molar-refractivity contribution in [2.45, 2.75) is 0 Å². The van der Waals surface area contributed by atoms with Crippen molar-refractivity contribution in [3.8, 4) is 22.6 Å². The first-order chi connectivity index (χ1) is 19.1. The molecule has 0 spiro atoms. The summed E-state index contributed by atoms with van der Waals surface area (Å²) in [7, 11) is 0. The summed E-state index contributed by atoms with van der Waals surface area (Å²) in [5, 5.41) is 12.7. The standard InChI is InChI=1S/C30H19Cl2N5OS/c31-21-10-14-23(15-11-21)36-27(20-6-2-1-3-7-20)19-39-30(36)35-33-18-28-34-26-9-5-4-8-25(26)29(38)37(28)24-16-12-22(32)13-17-24/h1-19H/b33-18+,35-30-. The van der Waals surface area contributed by atoms with Gasteiger partial charge in [-0.3, -0.25) is 13.9 Å². The summed E-state index contributed by atoms with van der Waals surface area (Å²) in [6.07, 6.45) is 1.50. The molecule has 0 radical (unpaired) electrons. The summed E-state index contributed by atoms with van der Waals surface area (Å²) >= 11 is 13.7. The number of hydrogen-bond acceptors (Lipinski definition) is 5. The minimum absolute atomic E-state index is 0.205. The first kappa shape index (κ1) is 25.0. The third kappa shape index (κ3) is 5.07. The average molecular weight is 568 g/mol. The Morgan fingerprint density at radius 1 is 0.744 bits per heavy atom. The Balaban J connectivity index is 1.51. The van der Waals surface area contributed by atoms with Crippen molar-refractivity contribution in [1.29, 1.82) is 0 Å². The van der Waals surface area contributed by atoms with Gasteiger partial charge in [0.15, 0.2) is 5.82 Å². The van der Waals surface area contributed by atoms with Gasteiger partial charge in [0.2, 0.25) is 4.80 Å². The van der Waals surface area contributed by atoms with Crippen molar-refractivity contribution < 1.29 is 0 Å². The van der Waals surface area contributed by atoms with Gasteiger partial charge in [-0.05, 0) is 66.2 Å². The van der Waals surface area contributed by atoms with Gasteiger partial charge in [0.1, 0.15) is 0 Å². The Kier molecular flexibility index (Phi) is 6.94. The molecule has 0 saturated carbocycles. The molecular weight excluding hydrogens is 549 g/mol. The van der Waals surface area contributed by atoms with E-state index in [9.17, 15) is 4.79 Å². The van der Waals surface area contributed by atoms with Crippen LogP contribution in [-0.2, 0) is 0 Å². The van der Waals surface area contributed by atoms with Gasteiger partial charge in [-0.25, -0.2) is 4.98 Å². The number of fused-ring (bicyclic) bond motifs is 1. The fraction of sp³-hybridized carbons (Fsp3) is 0. The highest BCUT2D eigenvalue weighted by atomic mass is 35.5. The second-order valence-electron chi connectivity index (χ2n) is 8.53. The fourth-order valence-electron chi connectivity index (χ4n) is 4.24. The van der Waals surface area contributed by atoms with Gasteiger partial charge >= 0.3 is 0 Å². The zero-order valence-corrected chi connectivity index (χ0v) is 22.6. The molecule has 190 valence electrons. The molecule has 2 heterocycles. The zero-order valence-electron chi connectivity index (χ0n) is 20.3. The van der Waals surface area contributed by atoms with E-state index < -0.39 is 0 Å². The quantitative estimate of drug-likeness (QED) is 0.164. The zero-order chi connectivity index (χ0) is 26.8. The molecule has 0 amide bonds. The lowest BCUT2D eigenvalue weighted by Gasteiger charge is -2.11. The van der Waals surface area contributed by atoms with E-state index in [1.807, 2.05) is 76.7 Å². The first-order valence-corrected chi connectivity index (χ1v) is 13.6. The maximum Gasteiger partial charge on any atom is 0.266 e. The van der Waals surface area contributed by atoms with Gasteiger partial charge in [0.25, 0.3) is 5.56 Å². The first-order valence-electron chi connectivity index (χ1n) is 12.0. The molecule has 0 saturated heterocycles. The fourth-order valence-corrected chi connectivity index (χ4v) is 5.35. The van der Waals surface area contributed by atoms with E-state index in [1.165, 1.54) is 22.1 Å². The average Bonchev–Trinajstić information content (AvgIpc) is 3.39. The van der Waals surface area contributed by atoms with E-state index in [2.05, 4.69) is 10.2 Å². The lowest BCUT2D eigenvalue weighted by molar-refractivity contribution is 0.939. The second-order valence-corrected chi connectivity index (χ2v) is 10.2. The molecule has 0 aliphatic carbocycles. The van der Waals surface area contributed by atoms with Crippen LogP contribution >= 0.6 is 34.5 Å². The second kappa shape index (κ2) is 10.8. The van der Waals surface area contributed by atoms with E-state index in [0.717, 1.165) is 16.9 Å². The van der Waals surface area contributed by atoms with Crippen LogP contribution in [-0.4, -0.2) is 20.3 Å². The molecule has 6 aromatic rings. The third-order valence-corrected chi connectivity index (χ3v) is 7.39. The van der Waals surface area contributed by atoms with E-state index in [4.69, 9.17) is 28.2 Å². The minimum atomic E-state index is -0.205. The molecule has 39 heavy (non-hydrogen) atoms. The summed E-state index contributed by atoms with van der Waals surface area (Å²) in [6, 6.07) is 31.9. The molecule has 0 unspecified atom stereocenters. The normalized spacial score (nSPS) is 12.0. The molecule has 0 aliphatic rings. The molecule has 2 aromatic heterocycles. The molecule has 0 N–H and O–H groups in total. The Morgan fingerprint density at radius 3 is 2.05 bits per heavy atom. The molecule has 4 aromatic carbocycles. The molecule has 6 nitrogen and oxygen atoms in total. The van der Waals surface area contributed by atoms with Gasteiger partial charge in [-0.15, -0.1) is 16.4 Å². The van der Waals surface area contributed by atoms with Crippen molar-refractivity contribution >= 4 is 51.7 Å². The number of hydrogen-bond donors (Lipinski definition) is 0. The van der Waals surface area contributed by atoms with Gasteiger partial charge in [0, 0.05) is 21.1 Å². The summed E-state index contributed by atoms with van der Waals surface area (Å²) in [5.74, 6) is 0.350. The predicted molar refractivity (Wildman–Crippen MR) is 160 cm³/mol. The topological polar surface area (TPSA) is 64.5 Å². The minimum Gasteiger partial charge on any atom is -0.284 e. The van der Waals surface area contributed by atoms with Crippen LogP contribution in [0.2, 0.25) is 10.0 Å². The van der Waals surface area contributed by atoms with E-state index in [0.29, 0.717) is 37.3 Å². The van der Waals surface area contributed by atoms with Crippen molar-refractivity contribution in [2.75, 3.05) is 0 Å². The lowest BCUT2D eigenvalue weighted by atomic mass is 10.1. The van der Waals surface area contributed by atoms with Crippen LogP contribution in [0.15, 0.2) is 124 Å². The Morgan fingerprint density at radius 2 is 1.36 bits per heavy atom. The van der Waals surface area contributed by atoms with Crippen molar-refractivity contribution in [3.05, 3.63) is 140 Å². The number of benzene rings is 4. The molecule has 0 aliphatic heterocycles. The maximum absolute atomic E-state index is 13.5. The molecule has 0 bridgehead atoms. The highest BCUT2D eigenvalue weighted by molar-refractivity contribution is 7.07. The summed E-state index contributed by atoms with van der Waals surface area (Å²) in [6.45, 7) is 0. The molecule has 0 fully saturated rings. The van der Waals surface area contributed by atoms with Crippen LogP contribution in [0, 0.1) is 0 Å². The van der Waals surface area contributed by atoms with E-state index >= 15 is 0 Å². The highest BCUT2D eigenvalue weighted by Crippen LogP contribution is 2.24. The van der Waals surface area contributed by atoms with Crippen LogP contribution in [0.4, 0.5) is 0 Å². The van der Waals surface area contributed by atoms with Crippen LogP contribution in [0.5, 0.6) is 0 Å². The van der Waals surface area contributed by atoms with Crippen molar-refractivity contribution in [3.63, 3.8) is 0 Å². The van der Waals surface area contributed by atoms with Gasteiger partial charge in [-0.2, -0.15) is 5.10 Å². The summed E-state index contributed by atoms with van der Waals surface area (Å²) in [5.41, 5.74) is 3.91. The van der Waals surface area contributed by atoms with Crippen LogP contribution in [0.25, 0.3) is 33.5 Å².